The number of carbonyl (C=O) groups is 1. The van der Waals surface area contributed by atoms with Crippen molar-refractivity contribution in [1.82, 2.24) is 20.3 Å². The smallest absolute Gasteiger partial charge is 0.252 e. The van der Waals surface area contributed by atoms with Crippen LogP contribution in [0.5, 0.6) is 0 Å². The fraction of sp³-hybridized carbons (Fsp3) is 0.136. The van der Waals surface area contributed by atoms with Gasteiger partial charge in [-0.05, 0) is 31.5 Å². The van der Waals surface area contributed by atoms with E-state index in [1.54, 1.807) is 6.20 Å². The third kappa shape index (κ3) is 3.44. The number of H-pyrrole nitrogens is 1. The van der Waals surface area contributed by atoms with Crippen molar-refractivity contribution in [2.75, 3.05) is 0 Å². The van der Waals surface area contributed by atoms with Crippen LogP contribution >= 0.6 is 0 Å². The van der Waals surface area contributed by atoms with E-state index in [1.807, 2.05) is 74.5 Å². The maximum absolute atomic E-state index is 12.9. The quantitative estimate of drug-likeness (QED) is 0.568. The second kappa shape index (κ2) is 7.03. The Kier molecular flexibility index (Phi) is 4.42. The van der Waals surface area contributed by atoms with Crippen LogP contribution in [0.4, 0.5) is 0 Å². The number of hydrogen-bond acceptors (Lipinski definition) is 3. The van der Waals surface area contributed by atoms with Crippen LogP contribution < -0.4 is 5.32 Å². The Balaban J connectivity index is 1.58. The second-order valence-electron chi connectivity index (χ2n) is 6.57. The van der Waals surface area contributed by atoms with Gasteiger partial charge in [-0.15, -0.1) is 0 Å². The number of nitrogens with zero attached hydrogens (tertiary/aromatic N) is 2. The first-order valence-corrected chi connectivity index (χ1v) is 8.89. The van der Waals surface area contributed by atoms with Crippen molar-refractivity contribution in [3.05, 3.63) is 83.9 Å². The highest BCUT2D eigenvalue weighted by Crippen LogP contribution is 2.21. The van der Waals surface area contributed by atoms with Gasteiger partial charge in [-0.25, -0.2) is 4.98 Å². The van der Waals surface area contributed by atoms with Crippen LogP contribution in [0.15, 0.2) is 66.9 Å². The Morgan fingerprint density at radius 1 is 1.07 bits per heavy atom. The molecule has 0 aliphatic carbocycles. The highest BCUT2D eigenvalue weighted by molar-refractivity contribution is 6.06. The molecule has 27 heavy (non-hydrogen) atoms. The fourth-order valence-corrected chi connectivity index (χ4v) is 3.16. The standard InChI is InChI=1S/C22H20N4O/c1-14-12-18(17-10-6-7-11-19(17)24-14)22(27)25-15(2)21-23-13-20(26-21)16-8-4-3-5-9-16/h3-13,15H,1-2H3,(H,23,26)(H,25,27). The molecule has 0 radical (unpaired) electrons. The molecule has 2 N–H and O–H groups in total. The molecule has 0 aliphatic heterocycles. The van der Waals surface area contributed by atoms with Crippen LogP contribution in [0, 0.1) is 6.92 Å². The van der Waals surface area contributed by atoms with E-state index in [0.29, 0.717) is 5.56 Å². The zero-order chi connectivity index (χ0) is 18.8. The lowest BCUT2D eigenvalue weighted by Crippen LogP contribution is -2.27. The minimum Gasteiger partial charge on any atom is -0.342 e. The topological polar surface area (TPSA) is 70.7 Å². The average Bonchev–Trinajstić information content (AvgIpc) is 3.18. The van der Waals surface area contributed by atoms with Crippen LogP contribution in [0.25, 0.3) is 22.2 Å². The van der Waals surface area contributed by atoms with Gasteiger partial charge in [0, 0.05) is 11.1 Å². The van der Waals surface area contributed by atoms with Crippen LogP contribution in [-0.2, 0) is 0 Å². The van der Waals surface area contributed by atoms with Gasteiger partial charge in [-0.3, -0.25) is 9.78 Å². The highest BCUT2D eigenvalue weighted by atomic mass is 16.1. The number of para-hydroxylation sites is 1. The molecule has 2 aromatic carbocycles. The normalized spacial score (nSPS) is 12.1. The molecule has 0 saturated heterocycles. The molecule has 0 fully saturated rings. The summed E-state index contributed by atoms with van der Waals surface area (Å²) in [7, 11) is 0. The summed E-state index contributed by atoms with van der Waals surface area (Å²) < 4.78 is 0. The first kappa shape index (κ1) is 17.0. The van der Waals surface area contributed by atoms with Gasteiger partial charge >= 0.3 is 0 Å². The highest BCUT2D eigenvalue weighted by Gasteiger charge is 2.17. The van der Waals surface area contributed by atoms with Crippen molar-refractivity contribution >= 4 is 16.8 Å². The van der Waals surface area contributed by atoms with Gasteiger partial charge in [0.05, 0.1) is 29.0 Å². The van der Waals surface area contributed by atoms with Crippen LogP contribution in [0.2, 0.25) is 0 Å². The summed E-state index contributed by atoms with van der Waals surface area (Å²) in [6.07, 6.45) is 1.79. The van der Waals surface area contributed by atoms with Crippen molar-refractivity contribution in [2.45, 2.75) is 19.9 Å². The molecule has 4 aromatic rings. The van der Waals surface area contributed by atoms with Gasteiger partial charge in [0.2, 0.25) is 0 Å². The second-order valence-corrected chi connectivity index (χ2v) is 6.57. The maximum Gasteiger partial charge on any atom is 0.252 e. The number of amides is 1. The Bertz CT molecular complexity index is 1100. The third-order valence-electron chi connectivity index (χ3n) is 4.53. The number of aromatic amines is 1. The number of benzene rings is 2. The predicted octanol–water partition coefficient (Wildman–Crippen LogP) is 4.42. The van der Waals surface area contributed by atoms with E-state index in [1.165, 1.54) is 0 Å². The predicted molar refractivity (Wildman–Crippen MR) is 106 cm³/mol. The van der Waals surface area contributed by atoms with Crippen molar-refractivity contribution in [2.24, 2.45) is 0 Å². The third-order valence-corrected chi connectivity index (χ3v) is 4.53. The number of pyridine rings is 1. The minimum atomic E-state index is -0.248. The van der Waals surface area contributed by atoms with Gasteiger partial charge in [0.15, 0.2) is 0 Å². The number of imidazole rings is 1. The van der Waals surface area contributed by atoms with Gasteiger partial charge in [0.25, 0.3) is 5.91 Å². The van der Waals surface area contributed by atoms with E-state index < -0.39 is 0 Å². The first-order chi connectivity index (χ1) is 13.1. The van der Waals surface area contributed by atoms with E-state index >= 15 is 0 Å². The molecule has 5 heteroatoms. The SMILES string of the molecule is Cc1cc(C(=O)NC(C)c2ncc(-c3ccccc3)[nH]2)c2ccccc2n1. The van der Waals surface area contributed by atoms with Crippen LogP contribution in [0.3, 0.4) is 0 Å². The van der Waals surface area contributed by atoms with Gasteiger partial charge < -0.3 is 10.3 Å². The van der Waals surface area contributed by atoms with Crippen molar-refractivity contribution < 1.29 is 4.79 Å². The van der Waals surface area contributed by atoms with Crippen LogP contribution in [0.1, 0.15) is 34.8 Å². The molecule has 1 unspecified atom stereocenters. The van der Waals surface area contributed by atoms with Gasteiger partial charge in [-0.2, -0.15) is 0 Å². The van der Waals surface area contributed by atoms with Crippen molar-refractivity contribution in [3.8, 4) is 11.3 Å². The molecule has 134 valence electrons. The Labute approximate surface area is 157 Å². The number of aromatic nitrogens is 3. The lowest BCUT2D eigenvalue weighted by Gasteiger charge is -2.13. The van der Waals surface area contributed by atoms with Gasteiger partial charge in [-0.1, -0.05) is 48.5 Å². The molecule has 0 spiro atoms. The molecule has 1 atom stereocenters. The molecule has 0 saturated carbocycles. The minimum absolute atomic E-state index is 0.137. The zero-order valence-electron chi connectivity index (χ0n) is 15.2. The number of fused-ring (bicyclic) bond motifs is 1. The summed E-state index contributed by atoms with van der Waals surface area (Å²) in [4.78, 5) is 25.1. The molecular formula is C22H20N4O. The lowest BCUT2D eigenvalue weighted by atomic mass is 10.1. The Hall–Kier alpha value is -3.47. The molecule has 4 rings (SSSR count). The number of aryl methyl sites for hydroxylation is 1. The summed E-state index contributed by atoms with van der Waals surface area (Å²) in [5.74, 6) is 0.583. The number of nitrogens with one attached hydrogen (secondary N) is 2. The summed E-state index contributed by atoms with van der Waals surface area (Å²) in [5.41, 5.74) is 4.25. The summed E-state index contributed by atoms with van der Waals surface area (Å²) in [6.45, 7) is 3.81. The summed E-state index contributed by atoms with van der Waals surface area (Å²) >= 11 is 0. The van der Waals surface area contributed by atoms with E-state index in [0.717, 1.165) is 33.7 Å². The molecule has 0 aliphatic rings. The van der Waals surface area contributed by atoms with E-state index in [2.05, 4.69) is 20.3 Å². The molecule has 0 bridgehead atoms. The molecule has 2 heterocycles. The van der Waals surface area contributed by atoms with Gasteiger partial charge in [0.1, 0.15) is 5.82 Å². The van der Waals surface area contributed by atoms with Crippen LogP contribution in [-0.4, -0.2) is 20.9 Å². The van der Waals surface area contributed by atoms with Crippen molar-refractivity contribution in [3.63, 3.8) is 0 Å². The lowest BCUT2D eigenvalue weighted by molar-refractivity contribution is 0.0940. The largest absolute Gasteiger partial charge is 0.342 e. The first-order valence-electron chi connectivity index (χ1n) is 8.89. The van der Waals surface area contributed by atoms with Crippen molar-refractivity contribution in [1.29, 1.82) is 0 Å². The summed E-state index contributed by atoms with van der Waals surface area (Å²) in [5, 5.41) is 3.88. The average molecular weight is 356 g/mol. The summed E-state index contributed by atoms with van der Waals surface area (Å²) in [6, 6.07) is 19.2. The fourth-order valence-electron chi connectivity index (χ4n) is 3.16. The molecular weight excluding hydrogens is 336 g/mol. The Morgan fingerprint density at radius 2 is 1.81 bits per heavy atom. The number of hydrogen-bond donors (Lipinski definition) is 2. The number of rotatable bonds is 4. The van der Waals surface area contributed by atoms with E-state index in [-0.39, 0.29) is 11.9 Å². The monoisotopic (exact) mass is 356 g/mol. The van der Waals surface area contributed by atoms with E-state index in [9.17, 15) is 4.79 Å². The number of carbonyl (C=O) groups excluding carboxylic acids is 1. The molecule has 5 nitrogen and oxygen atoms in total. The molecule has 1 amide bonds. The molecule has 2 aromatic heterocycles. The maximum atomic E-state index is 12.9. The Morgan fingerprint density at radius 3 is 2.63 bits per heavy atom. The zero-order valence-corrected chi connectivity index (χ0v) is 15.2. The van der Waals surface area contributed by atoms with E-state index in [4.69, 9.17) is 0 Å².